The quantitative estimate of drug-likeness (QED) is 0.635. The third-order valence-electron chi connectivity index (χ3n) is 2.84. The van der Waals surface area contributed by atoms with E-state index in [1.807, 2.05) is 55.5 Å². The zero-order chi connectivity index (χ0) is 13.5. The Morgan fingerprint density at radius 1 is 1.16 bits per heavy atom. The number of anilines is 1. The third-order valence-corrected chi connectivity index (χ3v) is 2.84. The lowest BCUT2D eigenvalue weighted by Crippen LogP contribution is -2.11. The maximum absolute atomic E-state index is 10.7. The van der Waals surface area contributed by atoms with Gasteiger partial charge < -0.3 is 10.1 Å². The Kier molecular flexibility index (Phi) is 4.56. The molecule has 0 spiro atoms. The lowest BCUT2D eigenvalue weighted by molar-refractivity contribution is 0.112. The molecular formula is C16H17NO2. The van der Waals surface area contributed by atoms with Crippen LogP contribution in [-0.4, -0.2) is 19.4 Å². The molecule has 2 aromatic rings. The van der Waals surface area contributed by atoms with Gasteiger partial charge in [0, 0.05) is 17.8 Å². The summed E-state index contributed by atoms with van der Waals surface area (Å²) in [5, 5.41) is 3.27. The Balaban J connectivity index is 1.80. The maximum Gasteiger partial charge on any atom is 0.150 e. The molecule has 0 aliphatic rings. The summed E-state index contributed by atoms with van der Waals surface area (Å²) in [7, 11) is 0. The highest BCUT2D eigenvalue weighted by Crippen LogP contribution is 2.13. The third kappa shape index (κ3) is 3.85. The van der Waals surface area contributed by atoms with Crippen molar-refractivity contribution in [2.75, 3.05) is 18.5 Å². The van der Waals surface area contributed by atoms with Crippen molar-refractivity contribution < 1.29 is 9.53 Å². The predicted molar refractivity (Wildman–Crippen MR) is 77.0 cm³/mol. The van der Waals surface area contributed by atoms with Gasteiger partial charge in [-0.15, -0.1) is 0 Å². The van der Waals surface area contributed by atoms with Crippen molar-refractivity contribution in [1.29, 1.82) is 0 Å². The molecular weight excluding hydrogens is 238 g/mol. The number of aldehydes is 1. The molecule has 0 aromatic heterocycles. The minimum atomic E-state index is 0.596. The molecule has 2 aromatic carbocycles. The molecule has 0 bridgehead atoms. The van der Waals surface area contributed by atoms with E-state index in [2.05, 4.69) is 5.32 Å². The van der Waals surface area contributed by atoms with Crippen LogP contribution in [0.2, 0.25) is 0 Å². The number of hydrogen-bond acceptors (Lipinski definition) is 3. The Morgan fingerprint density at radius 2 is 1.95 bits per heavy atom. The molecule has 98 valence electrons. The lowest BCUT2D eigenvalue weighted by Gasteiger charge is -2.09. The van der Waals surface area contributed by atoms with Gasteiger partial charge in [-0.05, 0) is 42.8 Å². The fraction of sp³-hybridized carbons (Fsp3) is 0.188. The van der Waals surface area contributed by atoms with E-state index in [0.29, 0.717) is 6.61 Å². The predicted octanol–water partition coefficient (Wildman–Crippen LogP) is 3.30. The summed E-state index contributed by atoms with van der Waals surface area (Å²) >= 11 is 0. The molecule has 2 rings (SSSR count). The van der Waals surface area contributed by atoms with Gasteiger partial charge in [-0.2, -0.15) is 0 Å². The number of benzene rings is 2. The Morgan fingerprint density at radius 3 is 2.63 bits per heavy atom. The van der Waals surface area contributed by atoms with Gasteiger partial charge in [-0.25, -0.2) is 0 Å². The summed E-state index contributed by atoms with van der Waals surface area (Å²) in [6.45, 7) is 3.24. The largest absolute Gasteiger partial charge is 0.492 e. The van der Waals surface area contributed by atoms with E-state index in [-0.39, 0.29) is 0 Å². The number of aryl methyl sites for hydroxylation is 1. The van der Waals surface area contributed by atoms with Crippen molar-refractivity contribution in [2.24, 2.45) is 0 Å². The molecule has 0 fully saturated rings. The van der Waals surface area contributed by atoms with Crippen LogP contribution in [0.25, 0.3) is 0 Å². The van der Waals surface area contributed by atoms with Crippen molar-refractivity contribution in [3.05, 3.63) is 59.7 Å². The average molecular weight is 255 g/mol. The first-order valence-corrected chi connectivity index (χ1v) is 6.27. The molecule has 0 saturated carbocycles. The summed E-state index contributed by atoms with van der Waals surface area (Å²) in [4.78, 5) is 10.7. The van der Waals surface area contributed by atoms with E-state index < -0.39 is 0 Å². The number of nitrogens with one attached hydrogen (secondary N) is 1. The molecule has 0 unspecified atom stereocenters. The highest BCUT2D eigenvalue weighted by molar-refractivity contribution is 5.78. The number of carbonyl (C=O) groups excluding carboxylic acids is 1. The fourth-order valence-corrected chi connectivity index (χ4v) is 1.80. The van der Waals surface area contributed by atoms with Crippen LogP contribution in [0.5, 0.6) is 5.75 Å². The first kappa shape index (κ1) is 13.1. The second-order valence-corrected chi connectivity index (χ2v) is 4.28. The first-order valence-electron chi connectivity index (χ1n) is 6.27. The minimum Gasteiger partial charge on any atom is -0.492 e. The van der Waals surface area contributed by atoms with Gasteiger partial charge in [-0.3, -0.25) is 4.79 Å². The van der Waals surface area contributed by atoms with E-state index in [9.17, 15) is 4.79 Å². The van der Waals surface area contributed by atoms with Crippen LogP contribution in [0.3, 0.4) is 0 Å². The van der Waals surface area contributed by atoms with Crippen LogP contribution < -0.4 is 10.1 Å². The smallest absolute Gasteiger partial charge is 0.150 e. The van der Waals surface area contributed by atoms with E-state index in [0.717, 1.165) is 35.4 Å². The average Bonchev–Trinajstić information content (AvgIpc) is 2.45. The SMILES string of the molecule is Cc1cc(NCCOc2ccccc2)ccc1C=O. The molecule has 0 aliphatic carbocycles. The van der Waals surface area contributed by atoms with Crippen LogP contribution >= 0.6 is 0 Å². The number of rotatable bonds is 6. The summed E-state index contributed by atoms with van der Waals surface area (Å²) < 4.78 is 5.58. The van der Waals surface area contributed by atoms with Crippen molar-refractivity contribution in [3.8, 4) is 5.75 Å². The monoisotopic (exact) mass is 255 g/mol. The molecule has 1 N–H and O–H groups in total. The molecule has 19 heavy (non-hydrogen) atoms. The van der Waals surface area contributed by atoms with E-state index in [4.69, 9.17) is 4.74 Å². The topological polar surface area (TPSA) is 38.3 Å². The van der Waals surface area contributed by atoms with Gasteiger partial charge in [0.2, 0.25) is 0 Å². The van der Waals surface area contributed by atoms with Crippen LogP contribution in [0.15, 0.2) is 48.5 Å². The molecule has 3 nitrogen and oxygen atoms in total. The number of para-hydroxylation sites is 1. The van der Waals surface area contributed by atoms with Crippen LogP contribution in [0, 0.1) is 6.92 Å². The number of carbonyl (C=O) groups is 1. The Labute approximate surface area is 113 Å². The molecule has 3 heteroatoms. The molecule has 0 amide bonds. The molecule has 0 saturated heterocycles. The van der Waals surface area contributed by atoms with Crippen LogP contribution in [0.4, 0.5) is 5.69 Å². The van der Waals surface area contributed by atoms with Crippen molar-refractivity contribution in [1.82, 2.24) is 0 Å². The molecule has 0 heterocycles. The number of ether oxygens (including phenoxy) is 1. The molecule has 0 radical (unpaired) electrons. The summed E-state index contributed by atoms with van der Waals surface area (Å²) in [6.07, 6.45) is 0.873. The van der Waals surface area contributed by atoms with Crippen molar-refractivity contribution in [2.45, 2.75) is 6.92 Å². The number of hydrogen-bond donors (Lipinski definition) is 1. The summed E-state index contributed by atoms with van der Waals surface area (Å²) in [5.74, 6) is 0.872. The first-order chi connectivity index (χ1) is 9.29. The van der Waals surface area contributed by atoms with Gasteiger partial charge in [0.15, 0.2) is 0 Å². The van der Waals surface area contributed by atoms with Crippen LogP contribution in [0.1, 0.15) is 15.9 Å². The van der Waals surface area contributed by atoms with Crippen molar-refractivity contribution in [3.63, 3.8) is 0 Å². The van der Waals surface area contributed by atoms with Gasteiger partial charge in [-0.1, -0.05) is 18.2 Å². The minimum absolute atomic E-state index is 0.596. The standard InChI is InChI=1S/C16H17NO2/c1-13-11-15(8-7-14(13)12-18)17-9-10-19-16-5-3-2-4-6-16/h2-8,11-12,17H,9-10H2,1H3. The zero-order valence-corrected chi connectivity index (χ0v) is 10.9. The zero-order valence-electron chi connectivity index (χ0n) is 10.9. The lowest BCUT2D eigenvalue weighted by atomic mass is 10.1. The van der Waals surface area contributed by atoms with Gasteiger partial charge in [0.1, 0.15) is 18.6 Å². The van der Waals surface area contributed by atoms with Crippen molar-refractivity contribution >= 4 is 12.0 Å². The van der Waals surface area contributed by atoms with Gasteiger partial charge >= 0.3 is 0 Å². The maximum atomic E-state index is 10.7. The van der Waals surface area contributed by atoms with Gasteiger partial charge in [0.25, 0.3) is 0 Å². The highest BCUT2D eigenvalue weighted by atomic mass is 16.5. The second-order valence-electron chi connectivity index (χ2n) is 4.28. The van der Waals surface area contributed by atoms with Crippen LogP contribution in [-0.2, 0) is 0 Å². The Hall–Kier alpha value is -2.29. The second kappa shape index (κ2) is 6.59. The van der Waals surface area contributed by atoms with E-state index >= 15 is 0 Å². The summed E-state index contributed by atoms with van der Waals surface area (Å²) in [6, 6.07) is 15.4. The normalized spacial score (nSPS) is 9.95. The Bertz CT molecular complexity index is 538. The van der Waals surface area contributed by atoms with E-state index in [1.54, 1.807) is 0 Å². The highest BCUT2D eigenvalue weighted by Gasteiger charge is 1.98. The molecule has 0 atom stereocenters. The molecule has 0 aliphatic heterocycles. The van der Waals surface area contributed by atoms with Gasteiger partial charge in [0.05, 0.1) is 0 Å². The summed E-state index contributed by atoms with van der Waals surface area (Å²) in [5.41, 5.74) is 2.70. The van der Waals surface area contributed by atoms with E-state index in [1.165, 1.54) is 0 Å². The fourth-order valence-electron chi connectivity index (χ4n) is 1.80.